The summed E-state index contributed by atoms with van der Waals surface area (Å²) in [5, 5.41) is 2.91. The summed E-state index contributed by atoms with van der Waals surface area (Å²) >= 11 is 13.7. The van der Waals surface area contributed by atoms with Crippen molar-refractivity contribution < 1.29 is 4.79 Å². The topological polar surface area (TPSA) is 20.3 Å². The summed E-state index contributed by atoms with van der Waals surface area (Å²) in [6.07, 6.45) is 0. The molecule has 0 fully saturated rings. The van der Waals surface area contributed by atoms with E-state index in [0.717, 1.165) is 16.1 Å². The SMILES string of the molecule is CC(C)N(C(=O)c1cc(Cl)cc(Cl)c1)c1csc(-c2ccccc2)c1. The minimum absolute atomic E-state index is 0.00322. The molecule has 0 saturated heterocycles. The zero-order valence-corrected chi connectivity index (χ0v) is 16.2. The number of halogens is 2. The van der Waals surface area contributed by atoms with Gasteiger partial charge >= 0.3 is 0 Å². The zero-order chi connectivity index (χ0) is 18.0. The van der Waals surface area contributed by atoms with E-state index in [4.69, 9.17) is 23.2 Å². The first-order valence-electron chi connectivity index (χ1n) is 7.89. The highest BCUT2D eigenvalue weighted by atomic mass is 35.5. The van der Waals surface area contributed by atoms with Crippen LogP contribution in [0.15, 0.2) is 60.0 Å². The van der Waals surface area contributed by atoms with Gasteiger partial charge in [0.2, 0.25) is 0 Å². The summed E-state index contributed by atoms with van der Waals surface area (Å²) in [5.41, 5.74) is 2.50. The molecule has 3 aromatic rings. The van der Waals surface area contributed by atoms with E-state index >= 15 is 0 Å². The van der Waals surface area contributed by atoms with Crippen LogP contribution in [-0.4, -0.2) is 11.9 Å². The summed E-state index contributed by atoms with van der Waals surface area (Å²) in [6.45, 7) is 3.98. The third kappa shape index (κ3) is 4.06. The molecule has 1 aromatic heterocycles. The number of carbonyl (C=O) groups excluding carboxylic acids is 1. The normalized spacial score (nSPS) is 10.9. The standard InChI is InChI=1S/C20H17Cl2NOS/c1-13(2)23(20(24)15-8-16(21)10-17(22)9-15)18-11-19(25-12-18)14-6-4-3-5-7-14/h3-13H,1-2H3. The van der Waals surface area contributed by atoms with Gasteiger partial charge in [-0.05, 0) is 43.7 Å². The Labute approximate surface area is 161 Å². The van der Waals surface area contributed by atoms with Crippen LogP contribution in [0.1, 0.15) is 24.2 Å². The maximum atomic E-state index is 13.1. The quantitative estimate of drug-likeness (QED) is 0.481. The summed E-state index contributed by atoms with van der Waals surface area (Å²) < 4.78 is 0. The van der Waals surface area contributed by atoms with Crippen LogP contribution in [0.3, 0.4) is 0 Å². The Balaban J connectivity index is 1.97. The van der Waals surface area contributed by atoms with Crippen molar-refractivity contribution in [3.63, 3.8) is 0 Å². The van der Waals surface area contributed by atoms with E-state index in [9.17, 15) is 4.79 Å². The number of nitrogens with zero attached hydrogens (tertiary/aromatic N) is 1. The Hall–Kier alpha value is -1.81. The van der Waals surface area contributed by atoms with Crippen LogP contribution >= 0.6 is 34.5 Å². The number of amides is 1. The predicted molar refractivity (Wildman–Crippen MR) is 108 cm³/mol. The summed E-state index contributed by atoms with van der Waals surface area (Å²) in [6, 6.07) is 17.1. The van der Waals surface area contributed by atoms with Gasteiger partial charge < -0.3 is 4.90 Å². The first kappa shape index (κ1) is 18.0. The lowest BCUT2D eigenvalue weighted by molar-refractivity contribution is 0.0980. The van der Waals surface area contributed by atoms with Crippen molar-refractivity contribution in [1.29, 1.82) is 0 Å². The highest BCUT2D eigenvalue weighted by Gasteiger charge is 2.22. The van der Waals surface area contributed by atoms with Crippen LogP contribution in [0, 0.1) is 0 Å². The average molecular weight is 390 g/mol. The Bertz CT molecular complexity index is 869. The molecule has 2 aromatic carbocycles. The van der Waals surface area contributed by atoms with Gasteiger partial charge in [0.1, 0.15) is 0 Å². The number of benzene rings is 2. The Kier molecular flexibility index (Phi) is 5.48. The number of thiophene rings is 1. The molecule has 0 aliphatic carbocycles. The fourth-order valence-electron chi connectivity index (χ4n) is 2.67. The van der Waals surface area contributed by atoms with Gasteiger partial charge in [-0.2, -0.15) is 0 Å². The molecule has 1 heterocycles. The van der Waals surface area contributed by atoms with Crippen LogP contribution in [0.4, 0.5) is 5.69 Å². The van der Waals surface area contributed by atoms with E-state index in [1.54, 1.807) is 34.4 Å². The number of anilines is 1. The minimum atomic E-state index is -0.114. The van der Waals surface area contributed by atoms with Crippen LogP contribution in [0.5, 0.6) is 0 Å². The van der Waals surface area contributed by atoms with Gasteiger partial charge in [0, 0.05) is 31.9 Å². The number of rotatable bonds is 4. The Morgan fingerprint density at radius 3 is 2.24 bits per heavy atom. The highest BCUT2D eigenvalue weighted by Crippen LogP contribution is 2.33. The van der Waals surface area contributed by atoms with Gasteiger partial charge in [0.15, 0.2) is 0 Å². The van der Waals surface area contributed by atoms with Gasteiger partial charge in [0.25, 0.3) is 5.91 Å². The van der Waals surface area contributed by atoms with E-state index in [1.165, 1.54) is 0 Å². The lowest BCUT2D eigenvalue weighted by Crippen LogP contribution is -2.36. The van der Waals surface area contributed by atoms with Crippen molar-refractivity contribution in [3.8, 4) is 10.4 Å². The van der Waals surface area contributed by atoms with E-state index in [1.807, 2.05) is 43.5 Å². The second kappa shape index (κ2) is 7.61. The fraction of sp³-hybridized carbons (Fsp3) is 0.150. The first-order valence-corrected chi connectivity index (χ1v) is 9.53. The molecule has 0 saturated carbocycles. The van der Waals surface area contributed by atoms with Gasteiger partial charge in [-0.15, -0.1) is 11.3 Å². The van der Waals surface area contributed by atoms with E-state index in [-0.39, 0.29) is 11.9 Å². The summed E-state index contributed by atoms with van der Waals surface area (Å²) in [5.74, 6) is -0.114. The molecule has 25 heavy (non-hydrogen) atoms. The molecule has 2 nitrogen and oxygen atoms in total. The molecule has 0 bridgehead atoms. The molecule has 0 N–H and O–H groups in total. The van der Waals surface area contributed by atoms with Crippen LogP contribution in [-0.2, 0) is 0 Å². The van der Waals surface area contributed by atoms with Crippen molar-refractivity contribution in [1.82, 2.24) is 0 Å². The maximum absolute atomic E-state index is 13.1. The molecule has 0 aliphatic heterocycles. The van der Waals surface area contributed by atoms with E-state index in [0.29, 0.717) is 15.6 Å². The van der Waals surface area contributed by atoms with E-state index in [2.05, 4.69) is 12.1 Å². The molecule has 1 amide bonds. The molecule has 0 spiro atoms. The molecular weight excluding hydrogens is 373 g/mol. The van der Waals surface area contributed by atoms with Crippen LogP contribution in [0.2, 0.25) is 10.0 Å². The van der Waals surface area contributed by atoms with Crippen molar-refractivity contribution in [2.24, 2.45) is 0 Å². The number of carbonyl (C=O) groups is 1. The maximum Gasteiger partial charge on any atom is 0.258 e. The van der Waals surface area contributed by atoms with Crippen molar-refractivity contribution in [2.75, 3.05) is 4.90 Å². The molecule has 3 rings (SSSR count). The van der Waals surface area contributed by atoms with Crippen LogP contribution in [0.25, 0.3) is 10.4 Å². The third-order valence-corrected chi connectivity index (χ3v) is 5.17. The lowest BCUT2D eigenvalue weighted by Gasteiger charge is -2.26. The molecule has 0 unspecified atom stereocenters. The second-order valence-corrected chi connectivity index (χ2v) is 7.75. The lowest BCUT2D eigenvalue weighted by atomic mass is 10.1. The van der Waals surface area contributed by atoms with Gasteiger partial charge in [-0.3, -0.25) is 4.79 Å². The van der Waals surface area contributed by atoms with Crippen molar-refractivity contribution >= 4 is 46.1 Å². The monoisotopic (exact) mass is 389 g/mol. The smallest absolute Gasteiger partial charge is 0.258 e. The van der Waals surface area contributed by atoms with Gasteiger partial charge in [-0.25, -0.2) is 0 Å². The summed E-state index contributed by atoms with van der Waals surface area (Å²) in [7, 11) is 0. The fourth-order valence-corrected chi connectivity index (χ4v) is 4.09. The molecule has 0 radical (unpaired) electrons. The van der Waals surface area contributed by atoms with Gasteiger partial charge in [-0.1, -0.05) is 53.5 Å². The first-order chi connectivity index (χ1) is 12.0. The molecular formula is C20H17Cl2NOS. The highest BCUT2D eigenvalue weighted by molar-refractivity contribution is 7.14. The second-order valence-electron chi connectivity index (χ2n) is 5.96. The molecule has 5 heteroatoms. The van der Waals surface area contributed by atoms with Crippen molar-refractivity contribution in [3.05, 3.63) is 75.6 Å². The third-order valence-electron chi connectivity index (χ3n) is 3.77. The van der Waals surface area contributed by atoms with Crippen LogP contribution < -0.4 is 4.90 Å². The Morgan fingerprint density at radius 1 is 1.00 bits per heavy atom. The Morgan fingerprint density at radius 2 is 1.64 bits per heavy atom. The van der Waals surface area contributed by atoms with E-state index < -0.39 is 0 Å². The van der Waals surface area contributed by atoms with Crippen molar-refractivity contribution in [2.45, 2.75) is 19.9 Å². The number of hydrogen-bond acceptors (Lipinski definition) is 2. The molecule has 128 valence electrons. The summed E-state index contributed by atoms with van der Waals surface area (Å²) in [4.78, 5) is 15.9. The molecule has 0 aliphatic rings. The van der Waals surface area contributed by atoms with Gasteiger partial charge in [0.05, 0.1) is 5.69 Å². The molecule has 0 atom stereocenters. The largest absolute Gasteiger partial charge is 0.305 e. The zero-order valence-electron chi connectivity index (χ0n) is 13.9. The average Bonchev–Trinajstić information content (AvgIpc) is 3.04. The minimum Gasteiger partial charge on any atom is -0.305 e. The number of hydrogen-bond donors (Lipinski definition) is 0. The predicted octanol–water partition coefficient (Wildman–Crippen LogP) is 6.78.